The molecular weight excluding hydrogens is 352 g/mol. The van der Waals surface area contributed by atoms with Gasteiger partial charge in [0.2, 0.25) is 5.91 Å². The number of carbonyl (C=O) groups excluding carboxylic acids is 1. The largest absolute Gasteiger partial charge is 0.324 e. The lowest BCUT2D eigenvalue weighted by molar-refractivity contribution is -0.384. The van der Waals surface area contributed by atoms with Crippen molar-refractivity contribution in [3.63, 3.8) is 0 Å². The average Bonchev–Trinajstić information content (AvgIpc) is 2.50. The van der Waals surface area contributed by atoms with Crippen molar-refractivity contribution in [3.8, 4) is 0 Å². The third-order valence-electron chi connectivity index (χ3n) is 3.72. The Hall–Kier alpha value is -1.51. The maximum absolute atomic E-state index is 12.1. The molecule has 1 aromatic rings. The first-order chi connectivity index (χ1) is 10.5. The van der Waals surface area contributed by atoms with Crippen LogP contribution in [-0.2, 0) is 4.79 Å². The SMILES string of the molecule is CCN1CCN(CC(=O)Nc2ccc([N+](=O)[O-])cc2Br)CC1. The van der Waals surface area contributed by atoms with Crippen molar-refractivity contribution in [2.45, 2.75) is 6.92 Å². The predicted molar refractivity (Wildman–Crippen MR) is 88.0 cm³/mol. The number of benzene rings is 1. The van der Waals surface area contributed by atoms with Crippen molar-refractivity contribution in [2.75, 3.05) is 44.6 Å². The molecule has 1 saturated heterocycles. The van der Waals surface area contributed by atoms with Gasteiger partial charge in [0.05, 0.1) is 17.2 Å². The number of hydrogen-bond donors (Lipinski definition) is 1. The zero-order chi connectivity index (χ0) is 16.1. The summed E-state index contributed by atoms with van der Waals surface area (Å²) >= 11 is 3.25. The Morgan fingerprint density at radius 2 is 1.95 bits per heavy atom. The van der Waals surface area contributed by atoms with Gasteiger partial charge in [0.15, 0.2) is 0 Å². The molecule has 0 radical (unpaired) electrons. The molecule has 0 unspecified atom stereocenters. The van der Waals surface area contributed by atoms with E-state index in [1.54, 1.807) is 0 Å². The van der Waals surface area contributed by atoms with Crippen molar-refractivity contribution in [1.82, 2.24) is 9.80 Å². The molecular formula is C14H19BrN4O3. The second-order valence-electron chi connectivity index (χ2n) is 5.18. The summed E-state index contributed by atoms with van der Waals surface area (Å²) < 4.78 is 0.505. The summed E-state index contributed by atoms with van der Waals surface area (Å²) in [4.78, 5) is 26.8. The highest BCUT2D eigenvalue weighted by molar-refractivity contribution is 9.10. The second-order valence-corrected chi connectivity index (χ2v) is 6.03. The van der Waals surface area contributed by atoms with E-state index in [0.717, 1.165) is 32.7 Å². The zero-order valence-electron chi connectivity index (χ0n) is 12.4. The van der Waals surface area contributed by atoms with Gasteiger partial charge in [-0.3, -0.25) is 19.8 Å². The van der Waals surface area contributed by atoms with Crippen LogP contribution >= 0.6 is 15.9 Å². The van der Waals surface area contributed by atoms with E-state index >= 15 is 0 Å². The van der Waals surface area contributed by atoms with Crippen molar-refractivity contribution < 1.29 is 9.72 Å². The first-order valence-electron chi connectivity index (χ1n) is 7.18. The minimum Gasteiger partial charge on any atom is -0.324 e. The summed E-state index contributed by atoms with van der Waals surface area (Å²) in [5.74, 6) is -0.112. The molecule has 0 atom stereocenters. The van der Waals surface area contributed by atoms with Crippen LogP contribution in [0, 0.1) is 10.1 Å². The Kier molecular flexibility index (Phi) is 5.87. The number of likely N-dealkylation sites (N-methyl/N-ethyl adjacent to an activating group) is 1. The number of hydrogen-bond acceptors (Lipinski definition) is 5. The summed E-state index contributed by atoms with van der Waals surface area (Å²) in [5.41, 5.74) is 0.531. The highest BCUT2D eigenvalue weighted by atomic mass is 79.9. The van der Waals surface area contributed by atoms with Crippen LogP contribution in [0.5, 0.6) is 0 Å². The molecule has 0 bridgehead atoms. The molecule has 0 aromatic heterocycles. The van der Waals surface area contributed by atoms with Gasteiger partial charge in [-0.25, -0.2) is 0 Å². The first kappa shape index (κ1) is 16.9. The molecule has 1 fully saturated rings. The molecule has 1 amide bonds. The Balaban J connectivity index is 1.88. The fraction of sp³-hybridized carbons (Fsp3) is 0.500. The Labute approximate surface area is 137 Å². The summed E-state index contributed by atoms with van der Waals surface area (Å²) in [7, 11) is 0. The Morgan fingerprint density at radius 1 is 1.32 bits per heavy atom. The number of nitro benzene ring substituents is 1. The quantitative estimate of drug-likeness (QED) is 0.632. The van der Waals surface area contributed by atoms with E-state index in [-0.39, 0.29) is 11.6 Å². The van der Waals surface area contributed by atoms with E-state index in [9.17, 15) is 14.9 Å². The van der Waals surface area contributed by atoms with Gasteiger partial charge < -0.3 is 10.2 Å². The maximum Gasteiger partial charge on any atom is 0.270 e. The lowest BCUT2D eigenvalue weighted by atomic mass is 10.2. The topological polar surface area (TPSA) is 78.7 Å². The fourth-order valence-electron chi connectivity index (χ4n) is 2.38. The van der Waals surface area contributed by atoms with Crippen molar-refractivity contribution in [1.29, 1.82) is 0 Å². The summed E-state index contributed by atoms with van der Waals surface area (Å²) in [6, 6.07) is 4.30. The van der Waals surface area contributed by atoms with E-state index in [1.807, 2.05) is 0 Å². The van der Waals surface area contributed by atoms with Crippen LogP contribution in [0.3, 0.4) is 0 Å². The number of amides is 1. The molecule has 1 aliphatic rings. The normalized spacial score (nSPS) is 16.5. The number of nitrogens with one attached hydrogen (secondary N) is 1. The minimum absolute atomic E-state index is 0.0134. The van der Waals surface area contributed by atoms with E-state index in [2.05, 4.69) is 38.0 Å². The second kappa shape index (κ2) is 7.66. The standard InChI is InChI=1S/C14H19BrN4O3/c1-2-17-5-7-18(8-6-17)10-14(20)16-13-4-3-11(19(21)22)9-12(13)15/h3-4,9H,2,5-8,10H2,1H3,(H,16,20). The summed E-state index contributed by atoms with van der Waals surface area (Å²) in [6.45, 7) is 7.21. The number of rotatable bonds is 5. The van der Waals surface area contributed by atoms with E-state index in [0.29, 0.717) is 16.7 Å². The molecule has 7 nitrogen and oxygen atoms in total. The van der Waals surface area contributed by atoms with Gasteiger partial charge in [0, 0.05) is 42.8 Å². The van der Waals surface area contributed by atoms with Gasteiger partial charge in [0.1, 0.15) is 0 Å². The van der Waals surface area contributed by atoms with Crippen molar-refractivity contribution >= 4 is 33.2 Å². The fourth-order valence-corrected chi connectivity index (χ4v) is 2.84. The molecule has 0 aliphatic carbocycles. The van der Waals surface area contributed by atoms with Crippen LogP contribution in [0.25, 0.3) is 0 Å². The number of piperazine rings is 1. The number of non-ortho nitro benzene ring substituents is 1. The zero-order valence-corrected chi connectivity index (χ0v) is 14.0. The van der Waals surface area contributed by atoms with Gasteiger partial charge in [0.25, 0.3) is 5.69 Å². The van der Waals surface area contributed by atoms with Crippen LogP contribution < -0.4 is 5.32 Å². The average molecular weight is 371 g/mol. The van der Waals surface area contributed by atoms with Gasteiger partial charge in [-0.05, 0) is 28.5 Å². The van der Waals surface area contributed by atoms with Gasteiger partial charge in [-0.2, -0.15) is 0 Å². The molecule has 1 aromatic carbocycles. The molecule has 1 aliphatic heterocycles. The monoisotopic (exact) mass is 370 g/mol. The highest BCUT2D eigenvalue weighted by Crippen LogP contribution is 2.27. The molecule has 0 spiro atoms. The Bertz CT molecular complexity index is 559. The summed E-state index contributed by atoms with van der Waals surface area (Å²) in [6.07, 6.45) is 0. The third-order valence-corrected chi connectivity index (χ3v) is 4.37. The van der Waals surface area contributed by atoms with Crippen LogP contribution in [0.15, 0.2) is 22.7 Å². The van der Waals surface area contributed by atoms with E-state index in [1.165, 1.54) is 18.2 Å². The van der Waals surface area contributed by atoms with Crippen molar-refractivity contribution in [2.24, 2.45) is 0 Å². The lowest BCUT2D eigenvalue weighted by Gasteiger charge is -2.33. The molecule has 1 heterocycles. The number of nitrogens with zero attached hydrogens (tertiary/aromatic N) is 3. The first-order valence-corrected chi connectivity index (χ1v) is 7.97. The number of halogens is 1. The lowest BCUT2D eigenvalue weighted by Crippen LogP contribution is -2.48. The van der Waals surface area contributed by atoms with Gasteiger partial charge >= 0.3 is 0 Å². The maximum atomic E-state index is 12.1. The van der Waals surface area contributed by atoms with Gasteiger partial charge in [-0.15, -0.1) is 0 Å². The summed E-state index contributed by atoms with van der Waals surface area (Å²) in [5, 5.41) is 13.5. The highest BCUT2D eigenvalue weighted by Gasteiger charge is 2.18. The molecule has 22 heavy (non-hydrogen) atoms. The Morgan fingerprint density at radius 3 is 2.50 bits per heavy atom. The number of nitro groups is 1. The molecule has 1 N–H and O–H groups in total. The van der Waals surface area contributed by atoms with Gasteiger partial charge in [-0.1, -0.05) is 6.92 Å². The van der Waals surface area contributed by atoms with Crippen LogP contribution in [-0.4, -0.2) is 59.9 Å². The van der Waals surface area contributed by atoms with Crippen LogP contribution in [0.2, 0.25) is 0 Å². The van der Waals surface area contributed by atoms with Crippen molar-refractivity contribution in [3.05, 3.63) is 32.8 Å². The third kappa shape index (κ3) is 4.49. The van der Waals surface area contributed by atoms with Crippen LogP contribution in [0.4, 0.5) is 11.4 Å². The number of anilines is 1. The molecule has 120 valence electrons. The molecule has 0 saturated carbocycles. The smallest absolute Gasteiger partial charge is 0.270 e. The molecule has 8 heteroatoms. The number of carbonyl (C=O) groups is 1. The molecule has 2 rings (SSSR count). The van der Waals surface area contributed by atoms with E-state index in [4.69, 9.17) is 0 Å². The predicted octanol–water partition coefficient (Wildman–Crippen LogP) is 1.93. The van der Waals surface area contributed by atoms with Crippen LogP contribution in [0.1, 0.15) is 6.92 Å². The van der Waals surface area contributed by atoms with E-state index < -0.39 is 4.92 Å². The minimum atomic E-state index is -0.469.